The van der Waals surface area contributed by atoms with Crippen molar-refractivity contribution in [3.05, 3.63) is 0 Å². The van der Waals surface area contributed by atoms with E-state index in [4.69, 9.17) is 9.47 Å². The van der Waals surface area contributed by atoms with E-state index in [9.17, 15) is 9.59 Å². The monoisotopic (exact) mass is 632 g/mol. The van der Waals surface area contributed by atoms with Crippen molar-refractivity contribution in [1.82, 2.24) is 8.46 Å². The van der Waals surface area contributed by atoms with Gasteiger partial charge in [0.15, 0.2) is 0 Å². The second-order valence-corrected chi connectivity index (χ2v) is 34.2. The molecule has 0 bridgehead atoms. The van der Waals surface area contributed by atoms with E-state index in [1.165, 1.54) is 0 Å². The van der Waals surface area contributed by atoms with Crippen LogP contribution in [0.15, 0.2) is 0 Å². The quantitative estimate of drug-likeness (QED) is 0.0717. The van der Waals surface area contributed by atoms with Crippen molar-refractivity contribution < 1.29 is 19.1 Å². The molecule has 0 heterocycles. The molecule has 2 atom stereocenters. The maximum Gasteiger partial charge on any atom is 0.324 e. The third-order valence-corrected chi connectivity index (χ3v) is 30.1. The SMILES string of the molecule is CCCCOC(=O)C(C(C(=O)OCCCC)N([Si](CC)(CC)CC)[Si](CC)(CC)CC)N([Si](C)(C)C)[Si](C)(C)C. The standard InChI is InChI=1S/C30H68N2O4Si4/c1-15-23-25-35-29(33)27(31(37(9,10)11)38(12,13)14)28(30(34)36-26-24-16-2)32(39(17-3,18-4)19-5)40(20-6,21-7)22-8/h27-28H,15-26H2,1-14H3. The molecule has 0 aromatic carbocycles. The van der Waals surface area contributed by atoms with Crippen molar-refractivity contribution >= 4 is 44.9 Å². The van der Waals surface area contributed by atoms with Gasteiger partial charge in [0.2, 0.25) is 0 Å². The maximum atomic E-state index is 14.7. The van der Waals surface area contributed by atoms with Gasteiger partial charge in [0.05, 0.1) is 13.2 Å². The third kappa shape index (κ3) is 9.89. The van der Waals surface area contributed by atoms with Crippen LogP contribution in [0, 0.1) is 0 Å². The number of hydrogen-bond donors (Lipinski definition) is 0. The van der Waals surface area contributed by atoms with E-state index in [1.54, 1.807) is 0 Å². The third-order valence-electron chi connectivity index (χ3n) is 9.24. The number of hydrogen-bond acceptors (Lipinski definition) is 6. The van der Waals surface area contributed by atoms with E-state index in [0.717, 1.165) is 61.9 Å². The Bertz CT molecular complexity index is 696. The van der Waals surface area contributed by atoms with E-state index in [1.807, 2.05) is 0 Å². The summed E-state index contributed by atoms with van der Waals surface area (Å²) in [4.78, 5) is 29.2. The fourth-order valence-corrected chi connectivity index (χ4v) is 30.8. The summed E-state index contributed by atoms with van der Waals surface area (Å²) >= 11 is 0. The van der Waals surface area contributed by atoms with Gasteiger partial charge < -0.3 is 17.9 Å². The smallest absolute Gasteiger partial charge is 0.324 e. The summed E-state index contributed by atoms with van der Waals surface area (Å²) in [6.07, 6.45) is 3.61. The van der Waals surface area contributed by atoms with E-state index >= 15 is 0 Å². The number of unbranched alkanes of at least 4 members (excludes halogenated alkanes) is 2. The lowest BCUT2D eigenvalue weighted by molar-refractivity contribution is -0.158. The van der Waals surface area contributed by atoms with Crippen LogP contribution < -0.4 is 0 Å². The highest BCUT2D eigenvalue weighted by molar-refractivity contribution is 6.93. The lowest BCUT2D eigenvalue weighted by Crippen LogP contribution is -2.78. The lowest BCUT2D eigenvalue weighted by Gasteiger charge is -2.59. The highest BCUT2D eigenvalue weighted by Crippen LogP contribution is 2.41. The Labute approximate surface area is 253 Å². The van der Waals surface area contributed by atoms with E-state index in [-0.39, 0.29) is 11.9 Å². The number of nitrogens with zero attached hydrogens (tertiary/aromatic N) is 2. The summed E-state index contributed by atoms with van der Waals surface area (Å²) in [5.74, 6) is -0.398. The molecule has 0 saturated heterocycles. The van der Waals surface area contributed by atoms with Gasteiger partial charge in [-0.3, -0.25) is 9.59 Å². The largest absolute Gasteiger partial charge is 0.465 e. The first-order valence-corrected chi connectivity index (χ1v) is 28.5. The number of carbonyl (C=O) groups excluding carboxylic acids is 2. The lowest BCUT2D eigenvalue weighted by atomic mass is 10.1. The van der Waals surface area contributed by atoms with Gasteiger partial charge in [0, 0.05) is 0 Å². The Hall–Kier alpha value is -0.272. The molecule has 0 fully saturated rings. The van der Waals surface area contributed by atoms with E-state index < -0.39 is 45.0 Å². The van der Waals surface area contributed by atoms with Crippen LogP contribution in [0.2, 0.25) is 75.5 Å². The van der Waals surface area contributed by atoms with Crippen LogP contribution in [0.3, 0.4) is 0 Å². The number of rotatable bonds is 21. The molecule has 0 rings (SSSR count). The van der Waals surface area contributed by atoms with Crippen molar-refractivity contribution in [2.75, 3.05) is 13.2 Å². The average Bonchev–Trinajstić information content (AvgIpc) is 2.89. The first kappa shape index (κ1) is 39.7. The van der Waals surface area contributed by atoms with Crippen molar-refractivity contribution in [2.24, 2.45) is 0 Å². The molecule has 0 aliphatic carbocycles. The molecule has 6 nitrogen and oxygen atoms in total. The fourth-order valence-electron chi connectivity index (χ4n) is 7.01. The fraction of sp³-hybridized carbons (Fsp3) is 0.933. The van der Waals surface area contributed by atoms with Crippen LogP contribution in [-0.4, -0.2) is 78.6 Å². The zero-order valence-electron chi connectivity index (χ0n) is 29.2. The Balaban J connectivity index is 7.89. The number of esters is 2. The predicted molar refractivity (Wildman–Crippen MR) is 184 cm³/mol. The molecule has 0 saturated carbocycles. The van der Waals surface area contributed by atoms with Crippen LogP contribution in [0.25, 0.3) is 0 Å². The van der Waals surface area contributed by atoms with Crippen LogP contribution in [-0.2, 0) is 19.1 Å². The molecule has 10 heteroatoms. The Kier molecular flexibility index (Phi) is 17.6. The first-order chi connectivity index (χ1) is 18.6. The zero-order chi connectivity index (χ0) is 31.4. The number of ether oxygens (including phenoxy) is 2. The van der Waals surface area contributed by atoms with Crippen molar-refractivity contribution in [3.63, 3.8) is 0 Å². The van der Waals surface area contributed by atoms with Gasteiger partial charge >= 0.3 is 11.9 Å². The molecule has 0 amide bonds. The molecule has 0 aromatic rings. The molecule has 0 radical (unpaired) electrons. The van der Waals surface area contributed by atoms with Crippen LogP contribution >= 0.6 is 0 Å². The predicted octanol–water partition coefficient (Wildman–Crippen LogP) is 8.69. The number of carbonyl (C=O) groups is 2. The maximum absolute atomic E-state index is 14.7. The topological polar surface area (TPSA) is 59.1 Å². The Morgan fingerprint density at radius 2 is 0.800 bits per heavy atom. The summed E-state index contributed by atoms with van der Waals surface area (Å²) in [6.45, 7) is 33.0. The summed E-state index contributed by atoms with van der Waals surface area (Å²) in [5, 5.41) is 0. The molecule has 2 unspecified atom stereocenters. The van der Waals surface area contributed by atoms with Crippen molar-refractivity contribution in [3.8, 4) is 0 Å². The molecular formula is C30H68N2O4Si4. The summed E-state index contributed by atoms with van der Waals surface area (Å²) in [7, 11) is -8.43. The summed E-state index contributed by atoms with van der Waals surface area (Å²) in [5.41, 5.74) is 0. The van der Waals surface area contributed by atoms with Gasteiger partial charge in [0.25, 0.3) is 0 Å². The Morgan fingerprint density at radius 1 is 0.525 bits per heavy atom. The molecule has 0 spiro atoms. The minimum atomic E-state index is -2.14. The molecule has 238 valence electrons. The molecule has 0 N–H and O–H groups in total. The van der Waals surface area contributed by atoms with Gasteiger partial charge in [-0.15, -0.1) is 0 Å². The van der Waals surface area contributed by atoms with Gasteiger partial charge in [-0.05, 0) is 49.1 Å². The molecule has 0 aromatic heterocycles. The van der Waals surface area contributed by atoms with Gasteiger partial charge in [-0.2, -0.15) is 0 Å². The second kappa shape index (κ2) is 17.7. The van der Waals surface area contributed by atoms with Gasteiger partial charge in [-0.1, -0.05) is 108 Å². The van der Waals surface area contributed by atoms with Gasteiger partial charge in [0.1, 0.15) is 45.0 Å². The van der Waals surface area contributed by atoms with E-state index in [2.05, 4.69) is 103 Å². The highest BCUT2D eigenvalue weighted by atomic mass is 28.4. The molecule has 0 aliphatic heterocycles. The van der Waals surface area contributed by atoms with Crippen LogP contribution in [0.1, 0.15) is 81.1 Å². The van der Waals surface area contributed by atoms with Crippen LogP contribution in [0.5, 0.6) is 0 Å². The minimum Gasteiger partial charge on any atom is -0.465 e. The Morgan fingerprint density at radius 3 is 1.02 bits per heavy atom. The van der Waals surface area contributed by atoms with Crippen molar-refractivity contribution in [2.45, 2.75) is 169 Å². The van der Waals surface area contributed by atoms with Gasteiger partial charge in [-0.25, -0.2) is 0 Å². The zero-order valence-corrected chi connectivity index (χ0v) is 33.2. The summed E-state index contributed by atoms with van der Waals surface area (Å²) < 4.78 is 17.6. The first-order valence-electron chi connectivity index (χ1n) is 16.5. The molecule has 0 aliphatic rings. The van der Waals surface area contributed by atoms with E-state index in [0.29, 0.717) is 13.2 Å². The van der Waals surface area contributed by atoms with Crippen molar-refractivity contribution in [1.29, 1.82) is 0 Å². The normalized spacial score (nSPS) is 14.9. The average molecular weight is 633 g/mol. The molecular weight excluding hydrogens is 565 g/mol. The molecule has 40 heavy (non-hydrogen) atoms. The summed E-state index contributed by atoms with van der Waals surface area (Å²) in [6, 6.07) is 5.21. The highest BCUT2D eigenvalue weighted by Gasteiger charge is 2.58. The second-order valence-electron chi connectivity index (χ2n) is 13.6. The minimum absolute atomic E-state index is 0.188. The van der Waals surface area contributed by atoms with Crippen LogP contribution in [0.4, 0.5) is 0 Å².